The maximum absolute atomic E-state index is 15.3. The number of likely N-dealkylation sites (tertiary alicyclic amines) is 1. The van der Waals surface area contributed by atoms with Gasteiger partial charge in [0.1, 0.15) is 24.4 Å². The van der Waals surface area contributed by atoms with E-state index in [4.69, 9.17) is 4.52 Å². The number of piperidine rings is 2. The molecular weight excluding hydrogens is 708 g/mol. The van der Waals surface area contributed by atoms with Gasteiger partial charge in [-0.1, -0.05) is 50.2 Å². The van der Waals surface area contributed by atoms with E-state index in [9.17, 15) is 14.4 Å². The van der Waals surface area contributed by atoms with Gasteiger partial charge in [-0.05, 0) is 86.5 Å². The SMILES string of the molecule is CC(C)(C)c1nc(C(=O)NCc2ccc(-c3ncnn4cc(CCC(F)CN5CCC(c6ccc(NC7CCC(=O)NC7=O)cc6)CC5)cc34)cc2F)no1. The number of benzene rings is 2. The zero-order valence-corrected chi connectivity index (χ0v) is 31.1. The Hall–Kier alpha value is -5.57. The second-order valence-electron chi connectivity index (χ2n) is 15.4. The van der Waals surface area contributed by atoms with Crippen LogP contribution in [0.25, 0.3) is 16.8 Å². The number of hydrogen-bond donors (Lipinski definition) is 3. The molecule has 2 saturated heterocycles. The molecule has 7 rings (SSSR count). The van der Waals surface area contributed by atoms with Gasteiger partial charge in [0.2, 0.25) is 17.7 Å². The number of rotatable bonds is 12. The summed E-state index contributed by atoms with van der Waals surface area (Å²) in [5, 5.41) is 16.3. The Morgan fingerprint density at radius 1 is 1.07 bits per heavy atom. The van der Waals surface area contributed by atoms with Crippen molar-refractivity contribution in [2.75, 3.05) is 25.0 Å². The molecule has 0 radical (unpaired) electrons. The van der Waals surface area contributed by atoms with Crippen molar-refractivity contribution in [3.63, 3.8) is 0 Å². The molecule has 15 heteroatoms. The summed E-state index contributed by atoms with van der Waals surface area (Å²) >= 11 is 0. The Morgan fingerprint density at radius 3 is 2.56 bits per heavy atom. The van der Waals surface area contributed by atoms with Crippen LogP contribution in [0.3, 0.4) is 0 Å². The first kappa shape index (κ1) is 37.7. The minimum Gasteiger partial charge on any atom is -0.374 e. The van der Waals surface area contributed by atoms with Gasteiger partial charge in [0.05, 0.1) is 11.2 Å². The fourth-order valence-electron chi connectivity index (χ4n) is 7.08. The van der Waals surface area contributed by atoms with Crippen molar-refractivity contribution in [2.45, 2.75) is 89.4 Å². The number of anilines is 1. The van der Waals surface area contributed by atoms with Crippen molar-refractivity contribution in [1.29, 1.82) is 0 Å². The van der Waals surface area contributed by atoms with Crippen LogP contribution >= 0.6 is 0 Å². The molecule has 5 aromatic rings. The maximum Gasteiger partial charge on any atom is 0.292 e. The lowest BCUT2D eigenvalue weighted by atomic mass is 9.89. The maximum atomic E-state index is 15.3. The molecule has 0 bridgehead atoms. The molecule has 0 aliphatic carbocycles. The number of aromatic nitrogens is 5. The van der Waals surface area contributed by atoms with Gasteiger partial charge in [0, 0.05) is 47.9 Å². The van der Waals surface area contributed by atoms with Crippen LogP contribution in [0.1, 0.15) is 92.0 Å². The topological polar surface area (TPSA) is 160 Å². The normalized spacial score (nSPS) is 17.7. The van der Waals surface area contributed by atoms with Gasteiger partial charge in [0.25, 0.3) is 11.7 Å². The Morgan fingerprint density at radius 2 is 1.85 bits per heavy atom. The summed E-state index contributed by atoms with van der Waals surface area (Å²) < 4.78 is 37.4. The number of nitrogens with zero attached hydrogens (tertiary/aromatic N) is 6. The predicted molar refractivity (Wildman–Crippen MR) is 200 cm³/mol. The molecule has 2 atom stereocenters. The largest absolute Gasteiger partial charge is 0.374 e. The Bertz CT molecular complexity index is 2170. The summed E-state index contributed by atoms with van der Waals surface area (Å²) in [6.45, 7) is 7.61. The van der Waals surface area contributed by atoms with Crippen molar-refractivity contribution in [3.8, 4) is 11.3 Å². The molecule has 2 unspecified atom stereocenters. The molecule has 0 saturated carbocycles. The van der Waals surface area contributed by atoms with Gasteiger partial charge in [-0.3, -0.25) is 19.7 Å². The van der Waals surface area contributed by atoms with Gasteiger partial charge < -0.3 is 20.1 Å². The van der Waals surface area contributed by atoms with E-state index in [2.05, 4.69) is 53.2 Å². The Labute approximate surface area is 317 Å². The van der Waals surface area contributed by atoms with Crippen LogP contribution in [0.5, 0.6) is 0 Å². The summed E-state index contributed by atoms with van der Waals surface area (Å²) in [6, 6.07) is 14.3. The number of hydrogen-bond acceptors (Lipinski definition) is 10. The first-order valence-corrected chi connectivity index (χ1v) is 18.7. The standard InChI is InChI=1S/C40H45F2N9O4/c1-40(2,3)39-48-36(49-55-39)38(54)43-20-28-6-5-27(19-31(28)42)35-33-18-24(21-51(33)45-23-44-35)4-9-29(41)22-50-16-14-26(15-17-50)25-7-10-30(11-8-25)46-32-12-13-34(52)47-37(32)53/h5-8,10-11,18-19,21,23,26,29,32,46H,4,9,12-17,20,22H2,1-3H3,(H,43,54)(H,47,52,53). The van der Waals surface area contributed by atoms with Crippen LogP contribution in [0.4, 0.5) is 14.5 Å². The molecule has 0 spiro atoms. The molecule has 2 aliphatic heterocycles. The first-order chi connectivity index (χ1) is 26.4. The van der Waals surface area contributed by atoms with Gasteiger partial charge in [0.15, 0.2) is 0 Å². The molecule has 2 aliphatic rings. The van der Waals surface area contributed by atoms with Gasteiger partial charge in [-0.25, -0.2) is 18.3 Å². The molecule has 2 aromatic carbocycles. The zero-order chi connectivity index (χ0) is 38.7. The van der Waals surface area contributed by atoms with Crippen LogP contribution < -0.4 is 16.0 Å². The number of halogens is 2. The third kappa shape index (κ3) is 9.05. The molecule has 55 heavy (non-hydrogen) atoms. The van der Waals surface area contributed by atoms with Crippen LogP contribution in [0.15, 0.2) is 65.6 Å². The average molecular weight is 754 g/mol. The van der Waals surface area contributed by atoms with Crippen LogP contribution in [0, 0.1) is 5.82 Å². The zero-order valence-electron chi connectivity index (χ0n) is 31.1. The summed E-state index contributed by atoms with van der Waals surface area (Å²) in [4.78, 5) is 46.8. The number of carbonyl (C=O) groups excluding carboxylic acids is 3. The third-order valence-corrected chi connectivity index (χ3v) is 10.3. The summed E-state index contributed by atoms with van der Waals surface area (Å²) in [5.41, 5.74) is 4.63. The van der Waals surface area contributed by atoms with E-state index in [1.807, 2.05) is 45.2 Å². The second-order valence-corrected chi connectivity index (χ2v) is 15.4. The minimum atomic E-state index is -0.995. The number of alkyl halides is 1. The van der Waals surface area contributed by atoms with Crippen LogP contribution in [-0.4, -0.2) is 79.2 Å². The number of imide groups is 1. The van der Waals surface area contributed by atoms with Gasteiger partial charge in [-0.2, -0.15) is 10.1 Å². The number of fused-ring (bicyclic) bond motifs is 1. The van der Waals surface area contributed by atoms with Crippen molar-refractivity contribution < 1.29 is 27.7 Å². The highest BCUT2D eigenvalue weighted by Gasteiger charge is 2.28. The molecular formula is C40H45F2N9O4. The van der Waals surface area contributed by atoms with Crippen LogP contribution in [0.2, 0.25) is 0 Å². The van der Waals surface area contributed by atoms with E-state index >= 15 is 8.78 Å². The number of aryl methyl sites for hydroxylation is 1. The van der Waals surface area contributed by atoms with Crippen molar-refractivity contribution >= 4 is 28.9 Å². The minimum absolute atomic E-state index is 0.0669. The highest BCUT2D eigenvalue weighted by atomic mass is 19.1. The van der Waals surface area contributed by atoms with E-state index < -0.39 is 29.4 Å². The van der Waals surface area contributed by atoms with Crippen LogP contribution in [-0.2, 0) is 28.0 Å². The predicted octanol–water partition coefficient (Wildman–Crippen LogP) is 5.51. The lowest BCUT2D eigenvalue weighted by Crippen LogP contribution is -2.47. The summed E-state index contributed by atoms with van der Waals surface area (Å²) in [6.07, 6.45) is 5.83. The van der Waals surface area contributed by atoms with Crippen molar-refractivity contribution in [2.24, 2.45) is 0 Å². The molecule has 13 nitrogen and oxygen atoms in total. The quantitative estimate of drug-likeness (QED) is 0.139. The second kappa shape index (κ2) is 16.0. The lowest BCUT2D eigenvalue weighted by molar-refractivity contribution is -0.133. The van der Waals surface area contributed by atoms with E-state index in [-0.39, 0.29) is 29.7 Å². The lowest BCUT2D eigenvalue weighted by Gasteiger charge is -2.33. The number of amides is 3. The molecule has 3 aromatic heterocycles. The van der Waals surface area contributed by atoms with Gasteiger partial charge in [-0.15, -0.1) is 0 Å². The third-order valence-electron chi connectivity index (χ3n) is 10.3. The molecule has 3 amide bonds. The summed E-state index contributed by atoms with van der Waals surface area (Å²) in [5.74, 6) is -0.992. The average Bonchev–Trinajstić information content (AvgIpc) is 3.84. The van der Waals surface area contributed by atoms with Crippen molar-refractivity contribution in [1.82, 2.24) is 40.3 Å². The van der Waals surface area contributed by atoms with Gasteiger partial charge >= 0.3 is 0 Å². The molecule has 288 valence electrons. The fraction of sp³-hybridized carbons (Fsp3) is 0.425. The fourth-order valence-corrected chi connectivity index (χ4v) is 7.08. The van der Waals surface area contributed by atoms with Crippen molar-refractivity contribution in [3.05, 3.63) is 95.3 Å². The van der Waals surface area contributed by atoms with E-state index in [0.29, 0.717) is 60.8 Å². The summed E-state index contributed by atoms with van der Waals surface area (Å²) in [7, 11) is 0. The van der Waals surface area contributed by atoms with E-state index in [0.717, 1.165) is 37.2 Å². The molecule has 5 heterocycles. The Kier molecular flexibility index (Phi) is 11.0. The Balaban J connectivity index is 0.883. The first-order valence-electron chi connectivity index (χ1n) is 18.7. The number of carbonyl (C=O) groups is 3. The monoisotopic (exact) mass is 753 g/mol. The number of nitrogens with one attached hydrogen (secondary N) is 3. The molecule has 2 fully saturated rings. The smallest absolute Gasteiger partial charge is 0.292 e. The van der Waals surface area contributed by atoms with E-state index in [1.165, 1.54) is 18.0 Å². The van der Waals surface area contributed by atoms with E-state index in [1.54, 1.807) is 16.6 Å². The highest BCUT2D eigenvalue weighted by Crippen LogP contribution is 2.30. The molecule has 3 N–H and O–H groups in total. The highest BCUT2D eigenvalue weighted by molar-refractivity contribution is 6.01.